The lowest BCUT2D eigenvalue weighted by Crippen LogP contribution is -2.53. The Kier molecular flexibility index (Phi) is 5.39. The molecule has 2 aromatic carbocycles. The highest BCUT2D eigenvalue weighted by atomic mass is 35.5. The number of amides is 2. The van der Waals surface area contributed by atoms with Crippen molar-refractivity contribution in [3.05, 3.63) is 70.2 Å². The normalized spacial score (nSPS) is 18.5. The number of hydrogen-bond donors (Lipinski definition) is 0. The van der Waals surface area contributed by atoms with E-state index in [0.717, 1.165) is 36.3 Å². The van der Waals surface area contributed by atoms with Crippen LogP contribution in [-0.2, 0) is 0 Å². The molecule has 2 aliphatic heterocycles. The lowest BCUT2D eigenvalue weighted by atomic mass is 10.00. The Morgan fingerprint density at radius 2 is 1.68 bits per heavy atom. The van der Waals surface area contributed by atoms with Crippen LogP contribution in [0.25, 0.3) is 0 Å². The number of thioether (sulfide) groups is 1. The summed E-state index contributed by atoms with van der Waals surface area (Å²) in [5.41, 5.74) is 2.51. The number of carbonyl (C=O) groups excluding carboxylic acids is 2. The summed E-state index contributed by atoms with van der Waals surface area (Å²) in [7, 11) is 0. The second-order valence-corrected chi connectivity index (χ2v) is 9.31. The van der Waals surface area contributed by atoms with Crippen LogP contribution in [0.3, 0.4) is 0 Å². The van der Waals surface area contributed by atoms with Gasteiger partial charge in [-0.3, -0.25) is 9.59 Å². The van der Waals surface area contributed by atoms with Gasteiger partial charge in [-0.15, -0.1) is 11.8 Å². The monoisotopic (exact) mass is 414 g/mol. The van der Waals surface area contributed by atoms with Gasteiger partial charge in [-0.25, -0.2) is 0 Å². The first-order valence-corrected chi connectivity index (χ1v) is 10.9. The lowest BCUT2D eigenvalue weighted by molar-refractivity contribution is 0.0498. The molecule has 0 saturated carbocycles. The fourth-order valence-electron chi connectivity index (χ4n) is 4.02. The van der Waals surface area contributed by atoms with E-state index < -0.39 is 0 Å². The van der Waals surface area contributed by atoms with Gasteiger partial charge in [0.25, 0.3) is 11.8 Å². The smallest absolute Gasteiger partial charge is 0.255 e. The molecule has 28 heavy (non-hydrogen) atoms. The predicted molar refractivity (Wildman–Crippen MR) is 114 cm³/mol. The van der Waals surface area contributed by atoms with Crippen LogP contribution < -0.4 is 0 Å². The molecule has 4 rings (SSSR count). The van der Waals surface area contributed by atoms with Gasteiger partial charge in [0, 0.05) is 41.5 Å². The van der Waals surface area contributed by atoms with Crippen LogP contribution in [-0.4, -0.2) is 51.9 Å². The summed E-state index contributed by atoms with van der Waals surface area (Å²) in [5, 5.41) is 0.574. The Morgan fingerprint density at radius 1 is 0.964 bits per heavy atom. The van der Waals surface area contributed by atoms with Crippen molar-refractivity contribution in [1.29, 1.82) is 0 Å². The summed E-state index contributed by atoms with van der Waals surface area (Å²) in [4.78, 5) is 29.6. The van der Waals surface area contributed by atoms with Crippen molar-refractivity contribution in [3.63, 3.8) is 0 Å². The van der Waals surface area contributed by atoms with Crippen LogP contribution in [0.1, 0.15) is 39.1 Å². The molecule has 2 fully saturated rings. The Hall–Kier alpha value is -1.98. The zero-order chi connectivity index (χ0) is 19.7. The van der Waals surface area contributed by atoms with Crippen molar-refractivity contribution in [2.75, 3.05) is 25.4 Å². The van der Waals surface area contributed by atoms with E-state index in [1.54, 1.807) is 12.1 Å². The minimum absolute atomic E-state index is 0.0332. The molecule has 0 aliphatic carbocycles. The predicted octanol–water partition coefficient (Wildman–Crippen LogP) is 4.47. The van der Waals surface area contributed by atoms with Crippen LogP contribution in [0.5, 0.6) is 0 Å². The maximum absolute atomic E-state index is 13.1. The number of hydrogen-bond acceptors (Lipinski definition) is 3. The molecule has 0 atom stereocenters. The standard InChI is InChI=1S/C22H23ClN2O2S/c1-16-5-7-17(8-6-16)20(26)24-11-9-22(10-12-24)25(13-14-28-22)21(27)18-3-2-4-19(23)15-18/h2-8,15H,9-14H2,1H3. The van der Waals surface area contributed by atoms with E-state index in [1.165, 1.54) is 0 Å². The van der Waals surface area contributed by atoms with Gasteiger partial charge in [0.05, 0.1) is 4.87 Å². The SMILES string of the molecule is Cc1ccc(C(=O)N2CCC3(CC2)SCCN3C(=O)c2cccc(Cl)c2)cc1. The quantitative estimate of drug-likeness (QED) is 0.727. The highest BCUT2D eigenvalue weighted by Crippen LogP contribution is 2.44. The van der Waals surface area contributed by atoms with Crippen LogP contribution in [0.15, 0.2) is 48.5 Å². The van der Waals surface area contributed by atoms with Gasteiger partial charge < -0.3 is 9.80 Å². The van der Waals surface area contributed by atoms with Gasteiger partial charge >= 0.3 is 0 Å². The number of rotatable bonds is 2. The molecule has 0 aromatic heterocycles. The molecule has 4 nitrogen and oxygen atoms in total. The maximum Gasteiger partial charge on any atom is 0.255 e. The third-order valence-corrected chi connectivity index (χ3v) is 7.41. The van der Waals surface area contributed by atoms with Crippen molar-refractivity contribution in [1.82, 2.24) is 9.80 Å². The summed E-state index contributed by atoms with van der Waals surface area (Å²) in [5.74, 6) is 1.04. The van der Waals surface area contributed by atoms with Crippen LogP contribution in [0.4, 0.5) is 0 Å². The van der Waals surface area contributed by atoms with Crippen molar-refractivity contribution in [2.45, 2.75) is 24.6 Å². The average Bonchev–Trinajstić information content (AvgIpc) is 3.11. The van der Waals surface area contributed by atoms with E-state index in [-0.39, 0.29) is 16.7 Å². The maximum atomic E-state index is 13.1. The van der Waals surface area contributed by atoms with E-state index in [4.69, 9.17) is 11.6 Å². The van der Waals surface area contributed by atoms with Gasteiger partial charge in [0.15, 0.2) is 0 Å². The second kappa shape index (κ2) is 7.80. The van der Waals surface area contributed by atoms with Crippen molar-refractivity contribution in [2.24, 2.45) is 0 Å². The third kappa shape index (κ3) is 3.65. The number of piperidine rings is 1. The Morgan fingerprint density at radius 3 is 2.36 bits per heavy atom. The second-order valence-electron chi connectivity index (χ2n) is 7.42. The molecule has 0 bridgehead atoms. The molecule has 2 amide bonds. The number of benzene rings is 2. The van der Waals surface area contributed by atoms with E-state index >= 15 is 0 Å². The summed E-state index contributed by atoms with van der Waals surface area (Å²) < 4.78 is 0. The van der Waals surface area contributed by atoms with Crippen LogP contribution in [0, 0.1) is 6.92 Å². The van der Waals surface area contributed by atoms with Gasteiger partial charge in [0.1, 0.15) is 0 Å². The Balaban J connectivity index is 1.47. The minimum atomic E-state index is -0.219. The first-order valence-electron chi connectivity index (χ1n) is 9.56. The van der Waals surface area contributed by atoms with Crippen LogP contribution in [0.2, 0.25) is 5.02 Å². The fraction of sp³-hybridized carbons (Fsp3) is 0.364. The molecule has 6 heteroatoms. The number of aryl methyl sites for hydroxylation is 1. The molecule has 2 saturated heterocycles. The summed E-state index contributed by atoms with van der Waals surface area (Å²) in [6, 6.07) is 14.9. The Bertz CT molecular complexity index is 892. The van der Waals surface area contributed by atoms with E-state index in [2.05, 4.69) is 0 Å². The van der Waals surface area contributed by atoms with Gasteiger partial charge in [-0.05, 0) is 50.1 Å². The lowest BCUT2D eigenvalue weighted by Gasteiger charge is -2.44. The van der Waals surface area contributed by atoms with E-state index in [1.807, 2.05) is 64.9 Å². The van der Waals surface area contributed by atoms with E-state index in [0.29, 0.717) is 23.7 Å². The van der Waals surface area contributed by atoms with Crippen molar-refractivity contribution >= 4 is 35.2 Å². The van der Waals surface area contributed by atoms with E-state index in [9.17, 15) is 9.59 Å². The topological polar surface area (TPSA) is 40.6 Å². The molecule has 0 N–H and O–H groups in total. The van der Waals surface area contributed by atoms with Crippen LogP contribution >= 0.6 is 23.4 Å². The molecule has 0 unspecified atom stereocenters. The Labute approximate surface area is 174 Å². The molecule has 1 spiro atoms. The number of nitrogens with zero attached hydrogens (tertiary/aromatic N) is 2. The molecule has 2 aliphatic rings. The third-order valence-electron chi connectivity index (χ3n) is 5.62. The first kappa shape index (κ1) is 19.3. The van der Waals surface area contributed by atoms with Gasteiger partial charge in [0.2, 0.25) is 0 Å². The number of carbonyl (C=O) groups is 2. The number of likely N-dealkylation sites (tertiary alicyclic amines) is 1. The molecular weight excluding hydrogens is 392 g/mol. The molecule has 2 aromatic rings. The average molecular weight is 415 g/mol. The van der Waals surface area contributed by atoms with Gasteiger partial charge in [-0.2, -0.15) is 0 Å². The minimum Gasteiger partial charge on any atom is -0.338 e. The molecule has 0 radical (unpaired) electrons. The fourth-order valence-corrected chi connectivity index (χ4v) is 5.67. The molecular formula is C22H23ClN2O2S. The summed E-state index contributed by atoms with van der Waals surface area (Å²) in [6.45, 7) is 4.09. The highest BCUT2D eigenvalue weighted by molar-refractivity contribution is 8.00. The highest BCUT2D eigenvalue weighted by Gasteiger charge is 2.47. The molecule has 146 valence electrons. The van der Waals surface area contributed by atoms with Gasteiger partial charge in [-0.1, -0.05) is 35.4 Å². The molecule has 2 heterocycles. The largest absolute Gasteiger partial charge is 0.338 e. The van der Waals surface area contributed by atoms with Crippen molar-refractivity contribution in [3.8, 4) is 0 Å². The zero-order valence-electron chi connectivity index (χ0n) is 15.9. The van der Waals surface area contributed by atoms with Crippen molar-refractivity contribution < 1.29 is 9.59 Å². The first-order chi connectivity index (χ1) is 13.5. The summed E-state index contributed by atoms with van der Waals surface area (Å²) >= 11 is 7.92. The zero-order valence-corrected chi connectivity index (χ0v) is 17.4. The summed E-state index contributed by atoms with van der Waals surface area (Å²) in [6.07, 6.45) is 1.59. The number of halogens is 1.